The molecule has 0 aliphatic carbocycles. The molecule has 22 heavy (non-hydrogen) atoms. The van der Waals surface area contributed by atoms with Crippen LogP contribution in [0.1, 0.15) is 0 Å². The lowest BCUT2D eigenvalue weighted by molar-refractivity contribution is 1.13. The van der Waals surface area contributed by atoms with Crippen LogP contribution < -0.4 is 5.73 Å². The standard InChI is InChI=1S/C17H13N5/c18-16-17-21-11-15(22(17)9-8-19-16)13-6-7-14(20-10-13)12-4-2-1-3-5-12/h1-11H,(H2,18,19). The van der Waals surface area contributed by atoms with Crippen molar-refractivity contribution in [3.8, 4) is 22.5 Å². The van der Waals surface area contributed by atoms with Gasteiger partial charge < -0.3 is 5.73 Å². The molecule has 5 heteroatoms. The summed E-state index contributed by atoms with van der Waals surface area (Å²) >= 11 is 0. The normalized spacial score (nSPS) is 10.9. The van der Waals surface area contributed by atoms with E-state index in [0.29, 0.717) is 11.5 Å². The van der Waals surface area contributed by atoms with Crippen LogP contribution in [0.15, 0.2) is 67.3 Å². The Kier molecular flexibility index (Phi) is 2.83. The number of aromatic nitrogens is 4. The van der Waals surface area contributed by atoms with Gasteiger partial charge in [-0.05, 0) is 12.1 Å². The fourth-order valence-corrected chi connectivity index (χ4v) is 2.48. The number of hydrogen-bond donors (Lipinski definition) is 1. The van der Waals surface area contributed by atoms with Crippen LogP contribution in [-0.4, -0.2) is 19.4 Å². The maximum atomic E-state index is 5.84. The smallest absolute Gasteiger partial charge is 0.180 e. The molecule has 0 saturated carbocycles. The zero-order valence-electron chi connectivity index (χ0n) is 11.7. The summed E-state index contributed by atoms with van der Waals surface area (Å²) in [5, 5.41) is 0. The molecule has 0 aliphatic heterocycles. The van der Waals surface area contributed by atoms with Gasteiger partial charge in [0.15, 0.2) is 11.5 Å². The highest BCUT2D eigenvalue weighted by Gasteiger charge is 2.09. The Morgan fingerprint density at radius 3 is 2.45 bits per heavy atom. The molecule has 0 unspecified atom stereocenters. The summed E-state index contributed by atoms with van der Waals surface area (Å²) < 4.78 is 1.92. The fraction of sp³-hybridized carbons (Fsp3) is 0. The van der Waals surface area contributed by atoms with Crippen LogP contribution in [0.2, 0.25) is 0 Å². The molecule has 5 nitrogen and oxygen atoms in total. The summed E-state index contributed by atoms with van der Waals surface area (Å²) in [6, 6.07) is 14.1. The number of benzene rings is 1. The van der Waals surface area contributed by atoms with E-state index in [1.807, 2.05) is 59.3 Å². The van der Waals surface area contributed by atoms with Crippen LogP contribution in [0.3, 0.4) is 0 Å². The van der Waals surface area contributed by atoms with Crippen molar-refractivity contribution in [3.05, 3.63) is 67.3 Å². The van der Waals surface area contributed by atoms with Crippen LogP contribution >= 0.6 is 0 Å². The number of nitrogen functional groups attached to an aromatic ring is 1. The van der Waals surface area contributed by atoms with E-state index in [4.69, 9.17) is 5.73 Å². The van der Waals surface area contributed by atoms with Crippen molar-refractivity contribution in [3.63, 3.8) is 0 Å². The van der Waals surface area contributed by atoms with Gasteiger partial charge in [0.1, 0.15) is 0 Å². The van der Waals surface area contributed by atoms with Gasteiger partial charge in [0, 0.05) is 29.7 Å². The van der Waals surface area contributed by atoms with Crippen molar-refractivity contribution in [1.29, 1.82) is 0 Å². The Labute approximate surface area is 127 Å². The predicted octanol–water partition coefficient (Wildman–Crippen LogP) is 3.04. The Bertz CT molecular complexity index is 926. The fourth-order valence-electron chi connectivity index (χ4n) is 2.48. The van der Waals surface area contributed by atoms with Crippen molar-refractivity contribution < 1.29 is 0 Å². The number of hydrogen-bond acceptors (Lipinski definition) is 4. The first-order valence-corrected chi connectivity index (χ1v) is 6.92. The minimum atomic E-state index is 0.419. The van der Waals surface area contributed by atoms with Gasteiger partial charge in [-0.2, -0.15) is 0 Å². The van der Waals surface area contributed by atoms with Crippen molar-refractivity contribution in [2.24, 2.45) is 0 Å². The minimum Gasteiger partial charge on any atom is -0.381 e. The van der Waals surface area contributed by atoms with Gasteiger partial charge in [0.25, 0.3) is 0 Å². The number of fused-ring (bicyclic) bond motifs is 1. The lowest BCUT2D eigenvalue weighted by Gasteiger charge is -2.04. The highest BCUT2D eigenvalue weighted by molar-refractivity contribution is 5.70. The van der Waals surface area contributed by atoms with Gasteiger partial charge in [0.05, 0.1) is 17.6 Å². The lowest BCUT2D eigenvalue weighted by atomic mass is 10.1. The molecule has 2 N–H and O–H groups in total. The molecular formula is C17H13N5. The third-order valence-electron chi connectivity index (χ3n) is 3.58. The van der Waals surface area contributed by atoms with Gasteiger partial charge in [-0.15, -0.1) is 0 Å². The summed E-state index contributed by atoms with van der Waals surface area (Å²) in [5.41, 5.74) is 10.5. The molecular weight excluding hydrogens is 274 g/mol. The molecule has 0 spiro atoms. The second-order valence-corrected chi connectivity index (χ2v) is 4.95. The first-order chi connectivity index (χ1) is 10.8. The average Bonchev–Trinajstić information content (AvgIpc) is 3.01. The summed E-state index contributed by atoms with van der Waals surface area (Å²) in [7, 11) is 0. The molecule has 106 valence electrons. The van der Waals surface area contributed by atoms with Crippen molar-refractivity contribution in [2.45, 2.75) is 0 Å². The third kappa shape index (κ3) is 2.00. The second-order valence-electron chi connectivity index (χ2n) is 4.95. The first kappa shape index (κ1) is 12.5. The molecule has 3 aromatic heterocycles. The zero-order valence-corrected chi connectivity index (χ0v) is 11.7. The van der Waals surface area contributed by atoms with Crippen LogP contribution in [-0.2, 0) is 0 Å². The van der Waals surface area contributed by atoms with Gasteiger partial charge in [-0.25, -0.2) is 9.97 Å². The number of pyridine rings is 1. The highest BCUT2D eigenvalue weighted by Crippen LogP contribution is 2.24. The highest BCUT2D eigenvalue weighted by atomic mass is 15.1. The van der Waals surface area contributed by atoms with E-state index in [9.17, 15) is 0 Å². The van der Waals surface area contributed by atoms with Crippen molar-refractivity contribution >= 4 is 11.5 Å². The quantitative estimate of drug-likeness (QED) is 0.615. The number of imidazole rings is 1. The summed E-state index contributed by atoms with van der Waals surface area (Å²) in [6.45, 7) is 0. The van der Waals surface area contributed by atoms with E-state index in [-0.39, 0.29) is 0 Å². The van der Waals surface area contributed by atoms with Crippen LogP contribution in [0.4, 0.5) is 5.82 Å². The molecule has 0 radical (unpaired) electrons. The van der Waals surface area contributed by atoms with Crippen LogP contribution in [0, 0.1) is 0 Å². The Hall–Kier alpha value is -3.21. The van der Waals surface area contributed by atoms with E-state index < -0.39 is 0 Å². The summed E-state index contributed by atoms with van der Waals surface area (Å²) in [6.07, 6.45) is 7.15. The summed E-state index contributed by atoms with van der Waals surface area (Å²) in [5.74, 6) is 0.419. The van der Waals surface area contributed by atoms with Gasteiger partial charge in [0.2, 0.25) is 0 Å². The Morgan fingerprint density at radius 2 is 1.68 bits per heavy atom. The SMILES string of the molecule is Nc1nccn2c(-c3ccc(-c4ccccc4)nc3)cnc12. The number of anilines is 1. The first-order valence-electron chi connectivity index (χ1n) is 6.92. The maximum absolute atomic E-state index is 5.84. The maximum Gasteiger partial charge on any atom is 0.180 e. The monoisotopic (exact) mass is 287 g/mol. The molecule has 0 atom stereocenters. The van der Waals surface area contributed by atoms with Crippen molar-refractivity contribution in [2.75, 3.05) is 5.73 Å². The molecule has 0 amide bonds. The molecule has 0 bridgehead atoms. The molecule has 0 fully saturated rings. The lowest BCUT2D eigenvalue weighted by Crippen LogP contribution is -1.96. The molecule has 4 rings (SSSR count). The molecule has 0 aliphatic rings. The Morgan fingerprint density at radius 1 is 0.818 bits per heavy atom. The van der Waals surface area contributed by atoms with Gasteiger partial charge in [-0.1, -0.05) is 30.3 Å². The van der Waals surface area contributed by atoms with Gasteiger partial charge >= 0.3 is 0 Å². The molecule has 4 aromatic rings. The number of nitrogens with two attached hydrogens (primary N) is 1. The van der Waals surface area contributed by atoms with E-state index in [1.54, 1.807) is 12.4 Å². The average molecular weight is 287 g/mol. The van der Waals surface area contributed by atoms with Crippen LogP contribution in [0.5, 0.6) is 0 Å². The zero-order chi connectivity index (χ0) is 14.9. The van der Waals surface area contributed by atoms with E-state index in [1.165, 1.54) is 0 Å². The van der Waals surface area contributed by atoms with Crippen LogP contribution in [0.25, 0.3) is 28.2 Å². The Balaban J connectivity index is 1.78. The van der Waals surface area contributed by atoms with Gasteiger partial charge in [-0.3, -0.25) is 9.38 Å². The molecule has 0 saturated heterocycles. The predicted molar refractivity (Wildman–Crippen MR) is 86.1 cm³/mol. The largest absolute Gasteiger partial charge is 0.381 e. The topological polar surface area (TPSA) is 69.1 Å². The molecule has 3 heterocycles. The van der Waals surface area contributed by atoms with E-state index in [2.05, 4.69) is 15.0 Å². The third-order valence-corrected chi connectivity index (χ3v) is 3.58. The van der Waals surface area contributed by atoms with E-state index >= 15 is 0 Å². The van der Waals surface area contributed by atoms with E-state index in [0.717, 1.165) is 22.5 Å². The van der Waals surface area contributed by atoms with Crippen molar-refractivity contribution in [1.82, 2.24) is 19.4 Å². The number of rotatable bonds is 2. The number of nitrogens with zero attached hydrogens (tertiary/aromatic N) is 4. The molecule has 1 aromatic carbocycles. The second kappa shape index (κ2) is 4.96. The minimum absolute atomic E-state index is 0.419. The summed E-state index contributed by atoms with van der Waals surface area (Å²) in [4.78, 5) is 12.9.